The van der Waals surface area contributed by atoms with Crippen LogP contribution in [0.4, 0.5) is 0 Å². The molecular formula is C15H22ClNO. The molecule has 0 aromatic heterocycles. The molecule has 2 rings (SSSR count). The minimum Gasteiger partial charge on any atom is -0.508 e. The molecular weight excluding hydrogens is 246 g/mol. The predicted octanol–water partition coefficient (Wildman–Crippen LogP) is 4.20. The summed E-state index contributed by atoms with van der Waals surface area (Å²) in [6.07, 6.45) is 6.62. The lowest BCUT2D eigenvalue weighted by Crippen LogP contribution is -2.36. The molecule has 1 saturated carbocycles. The second-order valence-electron chi connectivity index (χ2n) is 5.13. The first-order valence-electron chi connectivity index (χ1n) is 6.92. The first-order valence-corrected chi connectivity index (χ1v) is 7.30. The number of aromatic hydroxyl groups is 1. The third-order valence-electron chi connectivity index (χ3n) is 3.91. The van der Waals surface area contributed by atoms with Gasteiger partial charge in [0, 0.05) is 23.2 Å². The lowest BCUT2D eigenvalue weighted by molar-refractivity contribution is 0.154. The Kier molecular flexibility index (Phi) is 4.90. The summed E-state index contributed by atoms with van der Waals surface area (Å²) >= 11 is 6.00. The maximum Gasteiger partial charge on any atom is 0.120 e. The zero-order valence-corrected chi connectivity index (χ0v) is 11.8. The molecule has 0 heterocycles. The van der Waals surface area contributed by atoms with Crippen LogP contribution in [0.15, 0.2) is 18.2 Å². The van der Waals surface area contributed by atoms with E-state index in [1.807, 2.05) is 6.07 Å². The van der Waals surface area contributed by atoms with Crippen molar-refractivity contribution in [3.8, 4) is 5.75 Å². The number of nitrogens with zero attached hydrogens (tertiary/aromatic N) is 1. The number of hydrogen-bond donors (Lipinski definition) is 1. The average molecular weight is 268 g/mol. The molecule has 1 aromatic rings. The van der Waals surface area contributed by atoms with Crippen LogP contribution in [0.5, 0.6) is 5.75 Å². The van der Waals surface area contributed by atoms with Crippen LogP contribution in [0.25, 0.3) is 0 Å². The zero-order chi connectivity index (χ0) is 13.0. The molecule has 1 fully saturated rings. The number of hydrogen-bond acceptors (Lipinski definition) is 2. The van der Waals surface area contributed by atoms with Crippen LogP contribution >= 0.6 is 11.6 Å². The van der Waals surface area contributed by atoms with Gasteiger partial charge in [-0.2, -0.15) is 0 Å². The van der Waals surface area contributed by atoms with E-state index in [1.54, 1.807) is 12.1 Å². The molecule has 0 spiro atoms. The number of phenols is 1. The average Bonchev–Trinajstić information content (AvgIpc) is 2.41. The summed E-state index contributed by atoms with van der Waals surface area (Å²) in [5.41, 5.74) is 0.940. The van der Waals surface area contributed by atoms with E-state index in [-0.39, 0.29) is 0 Å². The van der Waals surface area contributed by atoms with Gasteiger partial charge in [-0.15, -0.1) is 0 Å². The molecule has 1 N–H and O–H groups in total. The van der Waals surface area contributed by atoms with Crippen molar-refractivity contribution in [2.45, 2.75) is 51.6 Å². The number of benzene rings is 1. The summed E-state index contributed by atoms with van der Waals surface area (Å²) in [4.78, 5) is 2.46. The molecule has 2 nitrogen and oxygen atoms in total. The normalized spacial score (nSPS) is 17.3. The highest BCUT2D eigenvalue weighted by Gasteiger charge is 2.20. The Morgan fingerprint density at radius 3 is 2.67 bits per heavy atom. The van der Waals surface area contributed by atoms with E-state index < -0.39 is 0 Å². The fraction of sp³-hybridized carbons (Fsp3) is 0.600. The number of phenolic OH excluding ortho intramolecular Hbond substituents is 1. The topological polar surface area (TPSA) is 23.5 Å². The summed E-state index contributed by atoms with van der Waals surface area (Å²) in [5.74, 6) is 0.355. The molecule has 100 valence electrons. The Labute approximate surface area is 115 Å². The van der Waals surface area contributed by atoms with Gasteiger partial charge in [0.1, 0.15) is 5.75 Å². The minimum atomic E-state index is 0.355. The van der Waals surface area contributed by atoms with Crippen molar-refractivity contribution in [3.05, 3.63) is 28.8 Å². The fourth-order valence-electron chi connectivity index (χ4n) is 2.84. The summed E-state index contributed by atoms with van der Waals surface area (Å²) in [5, 5.41) is 10.6. The van der Waals surface area contributed by atoms with Gasteiger partial charge in [-0.3, -0.25) is 4.90 Å². The van der Waals surface area contributed by atoms with E-state index in [4.69, 9.17) is 11.6 Å². The summed E-state index contributed by atoms with van der Waals surface area (Å²) in [7, 11) is 0. The van der Waals surface area contributed by atoms with Crippen LogP contribution in [0, 0.1) is 0 Å². The summed E-state index contributed by atoms with van der Waals surface area (Å²) in [6.45, 7) is 4.01. The van der Waals surface area contributed by atoms with Crippen LogP contribution < -0.4 is 0 Å². The van der Waals surface area contributed by atoms with Gasteiger partial charge < -0.3 is 5.11 Å². The van der Waals surface area contributed by atoms with Gasteiger partial charge in [0.25, 0.3) is 0 Å². The third-order valence-corrected chi connectivity index (χ3v) is 4.15. The van der Waals surface area contributed by atoms with Gasteiger partial charge >= 0.3 is 0 Å². The molecule has 0 saturated heterocycles. The highest BCUT2D eigenvalue weighted by atomic mass is 35.5. The quantitative estimate of drug-likeness (QED) is 0.884. The van der Waals surface area contributed by atoms with E-state index in [9.17, 15) is 5.11 Å². The molecule has 0 aliphatic heterocycles. The molecule has 1 aliphatic rings. The first-order chi connectivity index (χ1) is 8.70. The first kappa shape index (κ1) is 13.7. The molecule has 0 bridgehead atoms. The third kappa shape index (κ3) is 3.39. The monoisotopic (exact) mass is 267 g/mol. The second kappa shape index (κ2) is 6.44. The Bertz CT molecular complexity index is 388. The molecule has 0 unspecified atom stereocenters. The Hall–Kier alpha value is -0.730. The smallest absolute Gasteiger partial charge is 0.120 e. The lowest BCUT2D eigenvalue weighted by Gasteiger charge is -2.33. The van der Waals surface area contributed by atoms with E-state index in [1.165, 1.54) is 32.1 Å². The van der Waals surface area contributed by atoms with Crippen LogP contribution in [0.3, 0.4) is 0 Å². The molecule has 1 aliphatic carbocycles. The minimum absolute atomic E-state index is 0.355. The molecule has 18 heavy (non-hydrogen) atoms. The van der Waals surface area contributed by atoms with Crippen LogP contribution in [0.2, 0.25) is 5.02 Å². The maximum absolute atomic E-state index is 9.89. The van der Waals surface area contributed by atoms with Gasteiger partial charge in [-0.25, -0.2) is 0 Å². The Balaban J connectivity index is 2.06. The van der Waals surface area contributed by atoms with E-state index in [0.717, 1.165) is 18.7 Å². The standard InChI is InChI=1S/C15H22ClNO/c1-2-17(14-6-4-3-5-7-14)11-12-10-13(16)8-9-15(12)18/h8-10,14,18H,2-7,11H2,1H3. The largest absolute Gasteiger partial charge is 0.508 e. The van der Waals surface area contributed by atoms with Gasteiger partial charge in [-0.05, 0) is 37.6 Å². The highest BCUT2D eigenvalue weighted by Crippen LogP contribution is 2.27. The Morgan fingerprint density at radius 2 is 2.00 bits per heavy atom. The van der Waals surface area contributed by atoms with Crippen LogP contribution in [-0.4, -0.2) is 22.6 Å². The fourth-order valence-corrected chi connectivity index (χ4v) is 3.04. The van der Waals surface area contributed by atoms with Gasteiger partial charge in [0.2, 0.25) is 0 Å². The van der Waals surface area contributed by atoms with Crippen molar-refractivity contribution in [3.63, 3.8) is 0 Å². The second-order valence-corrected chi connectivity index (χ2v) is 5.56. The highest BCUT2D eigenvalue weighted by molar-refractivity contribution is 6.30. The van der Waals surface area contributed by atoms with Gasteiger partial charge in [-0.1, -0.05) is 37.8 Å². The zero-order valence-electron chi connectivity index (χ0n) is 11.0. The predicted molar refractivity (Wildman–Crippen MR) is 76.1 cm³/mol. The van der Waals surface area contributed by atoms with Crippen molar-refractivity contribution in [2.24, 2.45) is 0 Å². The molecule has 3 heteroatoms. The molecule has 0 amide bonds. The van der Waals surface area contributed by atoms with E-state index in [2.05, 4.69) is 11.8 Å². The summed E-state index contributed by atoms with van der Waals surface area (Å²) in [6, 6.07) is 5.97. The van der Waals surface area contributed by atoms with Crippen LogP contribution in [0.1, 0.15) is 44.6 Å². The van der Waals surface area contributed by atoms with Crippen molar-refractivity contribution in [1.82, 2.24) is 4.90 Å². The lowest BCUT2D eigenvalue weighted by atomic mass is 9.94. The van der Waals surface area contributed by atoms with Crippen molar-refractivity contribution in [2.75, 3.05) is 6.54 Å². The van der Waals surface area contributed by atoms with Crippen LogP contribution in [-0.2, 0) is 6.54 Å². The molecule has 0 atom stereocenters. The van der Waals surface area contributed by atoms with E-state index >= 15 is 0 Å². The molecule has 0 radical (unpaired) electrons. The molecule has 1 aromatic carbocycles. The van der Waals surface area contributed by atoms with Crippen molar-refractivity contribution < 1.29 is 5.11 Å². The number of halogens is 1. The maximum atomic E-state index is 9.89. The van der Waals surface area contributed by atoms with Crippen molar-refractivity contribution in [1.29, 1.82) is 0 Å². The SMILES string of the molecule is CCN(Cc1cc(Cl)ccc1O)C1CCCCC1. The van der Waals surface area contributed by atoms with Gasteiger partial charge in [0.05, 0.1) is 0 Å². The Morgan fingerprint density at radius 1 is 1.28 bits per heavy atom. The summed E-state index contributed by atoms with van der Waals surface area (Å²) < 4.78 is 0. The van der Waals surface area contributed by atoms with Gasteiger partial charge in [0.15, 0.2) is 0 Å². The van der Waals surface area contributed by atoms with E-state index in [0.29, 0.717) is 16.8 Å². The van der Waals surface area contributed by atoms with Crippen molar-refractivity contribution >= 4 is 11.6 Å². The number of rotatable bonds is 4.